The molecule has 4 heteroatoms. The molecule has 1 fully saturated rings. The molecule has 3 aromatic rings. The van der Waals surface area contributed by atoms with Gasteiger partial charge in [0.25, 0.3) is 0 Å². The molecule has 4 rings (SSSR count). The zero-order chi connectivity index (χ0) is 22.7. The van der Waals surface area contributed by atoms with E-state index < -0.39 is 0 Å². The predicted octanol–water partition coefficient (Wildman–Crippen LogP) is 5.28. The van der Waals surface area contributed by atoms with Crippen molar-refractivity contribution in [3.05, 3.63) is 101 Å². The second kappa shape index (κ2) is 9.68. The third kappa shape index (κ3) is 4.93. The van der Waals surface area contributed by atoms with Crippen molar-refractivity contribution in [3.8, 4) is 5.75 Å². The number of phenols is 1. The van der Waals surface area contributed by atoms with Gasteiger partial charge in [0.2, 0.25) is 0 Å². The van der Waals surface area contributed by atoms with Crippen LogP contribution in [0.25, 0.3) is 0 Å². The minimum Gasteiger partial charge on any atom is -0.508 e. The fourth-order valence-electron chi connectivity index (χ4n) is 4.78. The molecular formula is C28H32N2O2. The Kier molecular flexibility index (Phi) is 6.73. The van der Waals surface area contributed by atoms with E-state index in [9.17, 15) is 9.90 Å². The number of Topliss-reactive ketones (excluding diaryl/α,β-unsaturated/α-hetero) is 1. The number of carbonyl (C=O) groups is 1. The fourth-order valence-corrected chi connectivity index (χ4v) is 4.78. The van der Waals surface area contributed by atoms with E-state index >= 15 is 0 Å². The molecule has 1 aliphatic rings. The summed E-state index contributed by atoms with van der Waals surface area (Å²) < 4.78 is 0. The number of carbonyl (C=O) groups excluding carboxylic acids is 1. The smallest absolute Gasteiger partial charge is 0.159 e. The van der Waals surface area contributed by atoms with Crippen LogP contribution in [-0.4, -0.2) is 45.9 Å². The SMILES string of the molecule is CC(=O)c1cccc(C(c2ccccc2)N2C[C@@H](C)N(Cc3ccc(O)cc3)C[C@@H]2C)c1. The number of hydrogen-bond acceptors (Lipinski definition) is 4. The molecule has 0 bridgehead atoms. The van der Waals surface area contributed by atoms with Crippen LogP contribution in [0.2, 0.25) is 0 Å². The van der Waals surface area contributed by atoms with Gasteiger partial charge in [0.05, 0.1) is 6.04 Å². The molecule has 3 atom stereocenters. The van der Waals surface area contributed by atoms with Crippen molar-refractivity contribution in [1.82, 2.24) is 9.80 Å². The largest absolute Gasteiger partial charge is 0.508 e. The van der Waals surface area contributed by atoms with Crippen LogP contribution in [0.1, 0.15) is 53.9 Å². The molecule has 1 saturated heterocycles. The highest BCUT2D eigenvalue weighted by Gasteiger charge is 2.34. The molecule has 0 amide bonds. The van der Waals surface area contributed by atoms with Gasteiger partial charge < -0.3 is 5.11 Å². The van der Waals surface area contributed by atoms with E-state index in [-0.39, 0.29) is 11.8 Å². The first kappa shape index (κ1) is 22.3. The Morgan fingerprint density at radius 2 is 1.59 bits per heavy atom. The molecule has 32 heavy (non-hydrogen) atoms. The Hall–Kier alpha value is -2.95. The molecule has 1 unspecified atom stereocenters. The van der Waals surface area contributed by atoms with Gasteiger partial charge in [-0.2, -0.15) is 0 Å². The van der Waals surface area contributed by atoms with Crippen LogP contribution in [-0.2, 0) is 6.54 Å². The molecule has 1 heterocycles. The second-order valence-corrected chi connectivity index (χ2v) is 8.99. The summed E-state index contributed by atoms with van der Waals surface area (Å²) in [5.41, 5.74) is 4.38. The molecular weight excluding hydrogens is 396 g/mol. The van der Waals surface area contributed by atoms with E-state index in [1.165, 1.54) is 11.1 Å². The summed E-state index contributed by atoms with van der Waals surface area (Å²) in [7, 11) is 0. The van der Waals surface area contributed by atoms with Gasteiger partial charge in [-0.15, -0.1) is 0 Å². The second-order valence-electron chi connectivity index (χ2n) is 8.99. The highest BCUT2D eigenvalue weighted by Crippen LogP contribution is 2.34. The van der Waals surface area contributed by atoms with Crippen molar-refractivity contribution in [2.75, 3.05) is 13.1 Å². The monoisotopic (exact) mass is 428 g/mol. The summed E-state index contributed by atoms with van der Waals surface area (Å²) in [4.78, 5) is 17.1. The summed E-state index contributed by atoms with van der Waals surface area (Å²) in [6, 6.07) is 27.0. The van der Waals surface area contributed by atoms with Crippen LogP contribution in [0.5, 0.6) is 5.75 Å². The summed E-state index contributed by atoms with van der Waals surface area (Å²) in [5, 5.41) is 9.58. The number of nitrogens with zero attached hydrogens (tertiary/aromatic N) is 2. The van der Waals surface area contributed by atoms with Gasteiger partial charge >= 0.3 is 0 Å². The average Bonchev–Trinajstić information content (AvgIpc) is 2.79. The number of piperazine rings is 1. The maximum absolute atomic E-state index is 12.1. The first-order valence-electron chi connectivity index (χ1n) is 11.4. The maximum Gasteiger partial charge on any atom is 0.159 e. The maximum atomic E-state index is 12.1. The van der Waals surface area contributed by atoms with E-state index in [0.29, 0.717) is 17.8 Å². The van der Waals surface area contributed by atoms with Crippen LogP contribution in [0.3, 0.4) is 0 Å². The molecule has 0 saturated carbocycles. The zero-order valence-electron chi connectivity index (χ0n) is 19.1. The number of ketones is 1. The van der Waals surface area contributed by atoms with Crippen LogP contribution < -0.4 is 0 Å². The van der Waals surface area contributed by atoms with Crippen LogP contribution in [0.4, 0.5) is 0 Å². The highest BCUT2D eigenvalue weighted by atomic mass is 16.3. The van der Waals surface area contributed by atoms with E-state index in [4.69, 9.17) is 0 Å². The van der Waals surface area contributed by atoms with E-state index in [2.05, 4.69) is 60.0 Å². The lowest BCUT2D eigenvalue weighted by atomic mass is 9.92. The summed E-state index contributed by atoms with van der Waals surface area (Å²) in [5.74, 6) is 0.400. The van der Waals surface area contributed by atoms with Gasteiger partial charge in [-0.05, 0) is 55.7 Å². The predicted molar refractivity (Wildman–Crippen MR) is 129 cm³/mol. The lowest BCUT2D eigenvalue weighted by Crippen LogP contribution is -2.56. The molecule has 1 N–H and O–H groups in total. The first-order chi connectivity index (χ1) is 15.4. The molecule has 0 spiro atoms. The summed E-state index contributed by atoms with van der Waals surface area (Å²) >= 11 is 0. The summed E-state index contributed by atoms with van der Waals surface area (Å²) in [6.07, 6.45) is 0. The molecule has 4 nitrogen and oxygen atoms in total. The third-order valence-corrected chi connectivity index (χ3v) is 6.54. The van der Waals surface area contributed by atoms with Gasteiger partial charge in [0.15, 0.2) is 5.78 Å². The van der Waals surface area contributed by atoms with Crippen molar-refractivity contribution in [1.29, 1.82) is 0 Å². The minimum absolute atomic E-state index is 0.0961. The lowest BCUT2D eigenvalue weighted by molar-refractivity contribution is 0.0195. The van der Waals surface area contributed by atoms with Gasteiger partial charge in [-0.1, -0.05) is 60.7 Å². The normalized spacial score (nSPS) is 20.7. The lowest BCUT2D eigenvalue weighted by Gasteiger charge is -2.47. The number of phenolic OH excluding ortho intramolecular Hbond substituents is 1. The number of rotatable bonds is 6. The Bertz CT molecular complexity index is 1050. The van der Waals surface area contributed by atoms with Crippen LogP contribution in [0, 0.1) is 0 Å². The highest BCUT2D eigenvalue weighted by molar-refractivity contribution is 5.94. The number of hydrogen-bond donors (Lipinski definition) is 1. The van der Waals surface area contributed by atoms with Crippen LogP contribution in [0.15, 0.2) is 78.9 Å². The fraction of sp³-hybridized carbons (Fsp3) is 0.321. The Balaban J connectivity index is 1.61. The number of benzene rings is 3. The van der Waals surface area contributed by atoms with Gasteiger partial charge in [0, 0.05) is 37.3 Å². The molecule has 1 aliphatic heterocycles. The molecule has 0 aliphatic carbocycles. The van der Waals surface area contributed by atoms with Gasteiger partial charge in [-0.25, -0.2) is 0 Å². The average molecular weight is 429 g/mol. The van der Waals surface area contributed by atoms with E-state index in [1.807, 2.05) is 30.3 Å². The van der Waals surface area contributed by atoms with Gasteiger partial charge in [0.1, 0.15) is 5.75 Å². The Labute approximate surface area is 191 Å². The topological polar surface area (TPSA) is 43.8 Å². The zero-order valence-corrected chi connectivity index (χ0v) is 19.1. The van der Waals surface area contributed by atoms with Crippen molar-refractivity contribution in [2.24, 2.45) is 0 Å². The molecule has 3 aromatic carbocycles. The van der Waals surface area contributed by atoms with Gasteiger partial charge in [-0.3, -0.25) is 14.6 Å². The quantitative estimate of drug-likeness (QED) is 0.543. The molecule has 0 aromatic heterocycles. The van der Waals surface area contributed by atoms with Crippen LogP contribution >= 0.6 is 0 Å². The van der Waals surface area contributed by atoms with Crippen molar-refractivity contribution < 1.29 is 9.90 Å². The standard InChI is InChI=1S/C28H32N2O2/c1-20-18-30(21(2)17-29(20)19-23-12-14-27(32)15-13-23)28(24-8-5-4-6-9-24)26-11-7-10-25(16-26)22(3)31/h4-16,20-21,28,32H,17-19H2,1-3H3/t20-,21+,28?/m1/s1. The van der Waals surface area contributed by atoms with Crippen molar-refractivity contribution in [2.45, 2.75) is 45.4 Å². The Morgan fingerprint density at radius 3 is 2.28 bits per heavy atom. The third-order valence-electron chi connectivity index (χ3n) is 6.54. The molecule has 166 valence electrons. The molecule has 0 radical (unpaired) electrons. The van der Waals surface area contributed by atoms with E-state index in [1.54, 1.807) is 19.1 Å². The number of aromatic hydroxyl groups is 1. The van der Waals surface area contributed by atoms with Crippen molar-refractivity contribution >= 4 is 5.78 Å². The summed E-state index contributed by atoms with van der Waals surface area (Å²) in [6.45, 7) is 8.97. The van der Waals surface area contributed by atoms with E-state index in [0.717, 1.165) is 30.8 Å². The van der Waals surface area contributed by atoms with Crippen molar-refractivity contribution in [3.63, 3.8) is 0 Å². The Morgan fingerprint density at radius 1 is 0.906 bits per heavy atom. The minimum atomic E-state index is 0.0961. The first-order valence-corrected chi connectivity index (χ1v) is 11.4.